The molecule has 4 aromatic rings. The molecule has 0 atom stereocenters. The number of hydrogen-bond acceptors (Lipinski definition) is 5. The molecule has 0 unspecified atom stereocenters. The highest BCUT2D eigenvalue weighted by atomic mass is 35.5. The zero-order chi connectivity index (χ0) is 18.3. The van der Waals surface area contributed by atoms with E-state index in [0.717, 1.165) is 31.4 Å². The second-order valence-electron chi connectivity index (χ2n) is 5.89. The minimum atomic E-state index is -0.149. The van der Waals surface area contributed by atoms with Crippen molar-refractivity contribution in [2.45, 2.75) is 13.3 Å². The number of nitrogens with one attached hydrogen (secondary N) is 1. The second-order valence-corrected chi connectivity index (χ2v) is 8.45. The Kier molecular flexibility index (Phi) is 4.52. The summed E-state index contributed by atoms with van der Waals surface area (Å²) in [5, 5.41) is 9.58. The first-order valence-corrected chi connectivity index (χ1v) is 9.95. The predicted molar refractivity (Wildman–Crippen MR) is 108 cm³/mol. The average Bonchev–Trinajstić information content (AvgIpc) is 3.29. The smallest absolute Gasteiger partial charge is 0.267 e. The molecule has 0 fully saturated rings. The SMILES string of the molecule is Cc1nn(C)c2sc(C(=O)Nc3ncc(Cc4ccccc4Cl)s3)cc12. The molecule has 0 spiro atoms. The lowest BCUT2D eigenvalue weighted by Gasteiger charge is -2.01. The zero-order valence-electron chi connectivity index (χ0n) is 14.1. The van der Waals surface area contributed by atoms with Crippen LogP contribution in [0.3, 0.4) is 0 Å². The molecule has 132 valence electrons. The van der Waals surface area contributed by atoms with Gasteiger partial charge in [-0.2, -0.15) is 5.10 Å². The highest BCUT2D eigenvalue weighted by molar-refractivity contribution is 7.20. The maximum absolute atomic E-state index is 12.5. The number of carbonyl (C=O) groups is 1. The number of fused-ring (bicyclic) bond motifs is 1. The van der Waals surface area contributed by atoms with Gasteiger partial charge in [-0.05, 0) is 24.6 Å². The summed E-state index contributed by atoms with van der Waals surface area (Å²) in [4.78, 5) is 19.5. The summed E-state index contributed by atoms with van der Waals surface area (Å²) >= 11 is 9.10. The van der Waals surface area contributed by atoms with Gasteiger partial charge >= 0.3 is 0 Å². The normalized spacial score (nSPS) is 11.2. The predicted octanol–water partition coefficient (Wildman–Crippen LogP) is 4.90. The van der Waals surface area contributed by atoms with Crippen molar-refractivity contribution in [1.29, 1.82) is 0 Å². The minimum Gasteiger partial charge on any atom is -0.297 e. The molecule has 0 saturated heterocycles. The van der Waals surface area contributed by atoms with E-state index < -0.39 is 0 Å². The van der Waals surface area contributed by atoms with Crippen LogP contribution in [0, 0.1) is 6.92 Å². The lowest BCUT2D eigenvalue weighted by Crippen LogP contribution is -2.09. The van der Waals surface area contributed by atoms with Crippen molar-refractivity contribution in [2.75, 3.05) is 5.32 Å². The lowest BCUT2D eigenvalue weighted by molar-refractivity contribution is 0.103. The van der Waals surface area contributed by atoms with Crippen molar-refractivity contribution >= 4 is 55.5 Å². The molecule has 0 aliphatic carbocycles. The van der Waals surface area contributed by atoms with Crippen LogP contribution in [-0.2, 0) is 13.5 Å². The fourth-order valence-electron chi connectivity index (χ4n) is 2.75. The fourth-order valence-corrected chi connectivity index (χ4v) is 4.80. The maximum Gasteiger partial charge on any atom is 0.267 e. The summed E-state index contributed by atoms with van der Waals surface area (Å²) < 4.78 is 1.80. The van der Waals surface area contributed by atoms with E-state index in [1.54, 1.807) is 10.9 Å². The summed E-state index contributed by atoms with van der Waals surface area (Å²) in [7, 11) is 1.88. The Morgan fingerprint density at radius 3 is 2.88 bits per heavy atom. The molecule has 26 heavy (non-hydrogen) atoms. The van der Waals surface area contributed by atoms with E-state index in [2.05, 4.69) is 15.4 Å². The van der Waals surface area contributed by atoms with E-state index >= 15 is 0 Å². The molecule has 0 radical (unpaired) electrons. The third-order valence-electron chi connectivity index (χ3n) is 4.02. The topological polar surface area (TPSA) is 59.8 Å². The van der Waals surface area contributed by atoms with Crippen molar-refractivity contribution in [3.8, 4) is 0 Å². The largest absolute Gasteiger partial charge is 0.297 e. The molecule has 4 rings (SSSR count). The van der Waals surface area contributed by atoms with Crippen LogP contribution in [-0.4, -0.2) is 20.7 Å². The van der Waals surface area contributed by atoms with Gasteiger partial charge in [0, 0.05) is 35.0 Å². The van der Waals surface area contributed by atoms with E-state index in [1.165, 1.54) is 22.7 Å². The highest BCUT2D eigenvalue weighted by Gasteiger charge is 2.16. The highest BCUT2D eigenvalue weighted by Crippen LogP contribution is 2.29. The van der Waals surface area contributed by atoms with Gasteiger partial charge in [0.15, 0.2) is 5.13 Å². The molecule has 0 aliphatic rings. The van der Waals surface area contributed by atoms with Gasteiger partial charge in [0.05, 0.1) is 10.6 Å². The number of thiazole rings is 1. The summed E-state index contributed by atoms with van der Waals surface area (Å²) in [5.41, 5.74) is 1.97. The molecule has 1 amide bonds. The van der Waals surface area contributed by atoms with Crippen LogP contribution in [0.1, 0.15) is 25.8 Å². The van der Waals surface area contributed by atoms with Crippen molar-refractivity contribution in [1.82, 2.24) is 14.8 Å². The van der Waals surface area contributed by atoms with Gasteiger partial charge in [0.1, 0.15) is 4.83 Å². The van der Waals surface area contributed by atoms with Crippen LogP contribution < -0.4 is 5.32 Å². The van der Waals surface area contributed by atoms with Crippen LogP contribution >= 0.6 is 34.3 Å². The van der Waals surface area contributed by atoms with E-state index in [4.69, 9.17) is 11.6 Å². The van der Waals surface area contributed by atoms with E-state index in [9.17, 15) is 4.79 Å². The Balaban J connectivity index is 1.50. The number of nitrogens with zero attached hydrogens (tertiary/aromatic N) is 3. The van der Waals surface area contributed by atoms with Crippen molar-refractivity contribution < 1.29 is 4.79 Å². The second kappa shape index (κ2) is 6.83. The number of thiophene rings is 1. The number of halogens is 1. The molecule has 1 aromatic carbocycles. The summed E-state index contributed by atoms with van der Waals surface area (Å²) in [6.45, 7) is 1.94. The molecule has 0 saturated carbocycles. The maximum atomic E-state index is 12.5. The number of aryl methyl sites for hydroxylation is 2. The molecule has 1 N–H and O–H groups in total. The van der Waals surface area contributed by atoms with Gasteiger partial charge in [0.25, 0.3) is 5.91 Å². The van der Waals surface area contributed by atoms with Crippen LogP contribution in [0.5, 0.6) is 0 Å². The number of anilines is 1. The van der Waals surface area contributed by atoms with Gasteiger partial charge in [-0.3, -0.25) is 14.8 Å². The Bertz CT molecular complexity index is 1080. The average molecular weight is 403 g/mol. The molecule has 0 aliphatic heterocycles. The van der Waals surface area contributed by atoms with E-state index in [-0.39, 0.29) is 5.91 Å². The molecule has 3 aromatic heterocycles. The zero-order valence-corrected chi connectivity index (χ0v) is 16.5. The number of amides is 1. The number of benzene rings is 1. The van der Waals surface area contributed by atoms with Crippen LogP contribution in [0.15, 0.2) is 36.5 Å². The van der Waals surface area contributed by atoms with E-state index in [0.29, 0.717) is 16.4 Å². The molecule has 0 bridgehead atoms. The minimum absolute atomic E-state index is 0.149. The number of hydrogen-bond donors (Lipinski definition) is 1. The first-order chi connectivity index (χ1) is 12.5. The first kappa shape index (κ1) is 17.2. The molecule has 5 nitrogen and oxygen atoms in total. The van der Waals surface area contributed by atoms with Crippen molar-refractivity contribution in [2.24, 2.45) is 7.05 Å². The fraction of sp³-hybridized carbons (Fsp3) is 0.167. The lowest BCUT2D eigenvalue weighted by atomic mass is 10.1. The van der Waals surface area contributed by atoms with Crippen molar-refractivity contribution in [3.63, 3.8) is 0 Å². The quantitative estimate of drug-likeness (QED) is 0.528. The molecule has 3 heterocycles. The number of aromatic nitrogens is 3. The summed E-state index contributed by atoms with van der Waals surface area (Å²) in [6.07, 6.45) is 2.48. The van der Waals surface area contributed by atoms with Crippen molar-refractivity contribution in [3.05, 3.63) is 62.6 Å². The van der Waals surface area contributed by atoms with Crippen LogP contribution in [0.25, 0.3) is 10.2 Å². The monoisotopic (exact) mass is 402 g/mol. The Labute approximate surface area is 163 Å². The van der Waals surface area contributed by atoms with Gasteiger partial charge in [-0.15, -0.1) is 22.7 Å². The summed E-state index contributed by atoms with van der Waals surface area (Å²) in [5.74, 6) is -0.149. The standard InChI is InChI=1S/C18H15ClN4OS2/c1-10-13-8-15(26-17(13)23(2)22-10)16(24)21-18-20-9-12(25-18)7-11-5-3-4-6-14(11)19/h3-6,8-9H,7H2,1-2H3,(H,20,21,24). The van der Waals surface area contributed by atoms with E-state index in [1.807, 2.05) is 44.3 Å². The molecule has 8 heteroatoms. The van der Waals surface area contributed by atoms with Gasteiger partial charge in [-0.1, -0.05) is 29.8 Å². The van der Waals surface area contributed by atoms with Gasteiger partial charge < -0.3 is 0 Å². The third-order valence-corrected chi connectivity index (χ3v) is 6.50. The number of carbonyl (C=O) groups excluding carboxylic acids is 1. The Hall–Kier alpha value is -2.22. The van der Waals surface area contributed by atoms with Gasteiger partial charge in [0.2, 0.25) is 0 Å². The molecular formula is C18H15ClN4OS2. The summed E-state index contributed by atoms with van der Waals surface area (Å²) in [6, 6.07) is 9.62. The Morgan fingerprint density at radius 2 is 2.12 bits per heavy atom. The van der Waals surface area contributed by atoms with Gasteiger partial charge in [-0.25, -0.2) is 4.98 Å². The Morgan fingerprint density at radius 1 is 1.31 bits per heavy atom. The van der Waals surface area contributed by atoms with Crippen LogP contribution in [0.2, 0.25) is 5.02 Å². The third kappa shape index (κ3) is 3.25. The number of rotatable bonds is 4. The van der Waals surface area contributed by atoms with Crippen LogP contribution in [0.4, 0.5) is 5.13 Å². The first-order valence-electron chi connectivity index (χ1n) is 7.94. The molecular weight excluding hydrogens is 388 g/mol.